The summed E-state index contributed by atoms with van der Waals surface area (Å²) in [7, 11) is 0. The molecule has 0 unspecified atom stereocenters. The Morgan fingerprint density at radius 3 is 2.12 bits per heavy atom. The zero-order valence-electron chi connectivity index (χ0n) is 8.88. The average Bonchev–Trinajstić information content (AvgIpc) is 2.84. The molecule has 2 heterocycles. The normalized spacial score (nSPS) is 14.3. The largest absolute Gasteiger partial charge is 0.408 e. The van der Waals surface area contributed by atoms with E-state index < -0.39 is 11.8 Å². The third-order valence-electron chi connectivity index (χ3n) is 2.50. The van der Waals surface area contributed by atoms with Gasteiger partial charge < -0.3 is 4.42 Å². The van der Waals surface area contributed by atoms with Gasteiger partial charge in [0.25, 0.3) is 11.8 Å². The summed E-state index contributed by atoms with van der Waals surface area (Å²) >= 11 is 0. The van der Waals surface area contributed by atoms with Crippen molar-refractivity contribution in [2.45, 2.75) is 6.92 Å². The highest BCUT2D eigenvalue weighted by atomic mass is 16.4. The number of rotatable bonds is 1. The minimum atomic E-state index is -0.436. The van der Waals surface area contributed by atoms with E-state index in [1.165, 1.54) is 0 Å². The standard InChI is InChI=1S/C11H7N3O3/c1-6-12-13-11(17-6)14-9(15)7-4-2-3-5-8(7)10(14)16/h2-5H,1H3. The van der Waals surface area contributed by atoms with Gasteiger partial charge in [-0.2, -0.15) is 4.90 Å². The third-order valence-corrected chi connectivity index (χ3v) is 2.50. The van der Waals surface area contributed by atoms with Crippen LogP contribution in [0.25, 0.3) is 0 Å². The molecule has 84 valence electrons. The highest BCUT2D eigenvalue weighted by Gasteiger charge is 2.39. The number of aromatic nitrogens is 2. The van der Waals surface area contributed by atoms with Gasteiger partial charge in [-0.1, -0.05) is 17.2 Å². The lowest BCUT2D eigenvalue weighted by Crippen LogP contribution is -2.29. The number of nitrogens with zero attached hydrogens (tertiary/aromatic N) is 3. The third kappa shape index (κ3) is 1.27. The second kappa shape index (κ2) is 3.24. The predicted octanol–water partition coefficient (Wildman–Crippen LogP) is 1.18. The molecule has 0 saturated carbocycles. The van der Waals surface area contributed by atoms with Gasteiger partial charge in [0.1, 0.15) is 0 Å². The molecule has 2 aromatic rings. The second-order valence-corrected chi connectivity index (χ2v) is 3.59. The molecule has 0 spiro atoms. The zero-order chi connectivity index (χ0) is 12.0. The van der Waals surface area contributed by atoms with Gasteiger partial charge >= 0.3 is 6.01 Å². The smallest absolute Gasteiger partial charge is 0.332 e. The topological polar surface area (TPSA) is 76.3 Å². The van der Waals surface area contributed by atoms with E-state index in [9.17, 15) is 9.59 Å². The second-order valence-electron chi connectivity index (χ2n) is 3.59. The van der Waals surface area contributed by atoms with Crippen LogP contribution in [0, 0.1) is 6.92 Å². The number of imide groups is 1. The lowest BCUT2D eigenvalue weighted by molar-refractivity contribution is 0.0918. The van der Waals surface area contributed by atoms with Crippen LogP contribution in [0.3, 0.4) is 0 Å². The molecule has 0 bridgehead atoms. The lowest BCUT2D eigenvalue weighted by Gasteiger charge is -2.06. The maximum absolute atomic E-state index is 12.0. The van der Waals surface area contributed by atoms with E-state index in [1.54, 1.807) is 31.2 Å². The molecule has 2 amide bonds. The zero-order valence-corrected chi connectivity index (χ0v) is 8.88. The van der Waals surface area contributed by atoms with Crippen LogP contribution >= 0.6 is 0 Å². The Hall–Kier alpha value is -2.50. The van der Waals surface area contributed by atoms with Crippen LogP contribution in [0.5, 0.6) is 0 Å². The Morgan fingerprint density at radius 2 is 1.65 bits per heavy atom. The van der Waals surface area contributed by atoms with E-state index in [-0.39, 0.29) is 6.01 Å². The fraction of sp³-hybridized carbons (Fsp3) is 0.0909. The number of carbonyl (C=O) groups excluding carboxylic acids is 2. The molecule has 6 nitrogen and oxygen atoms in total. The van der Waals surface area contributed by atoms with E-state index in [4.69, 9.17) is 4.42 Å². The van der Waals surface area contributed by atoms with E-state index >= 15 is 0 Å². The SMILES string of the molecule is Cc1nnc(N2C(=O)c3ccccc3C2=O)o1. The molecule has 17 heavy (non-hydrogen) atoms. The number of carbonyl (C=O) groups is 2. The summed E-state index contributed by atoms with van der Waals surface area (Å²) in [5, 5.41) is 7.28. The van der Waals surface area contributed by atoms with Crippen molar-refractivity contribution in [2.75, 3.05) is 4.90 Å². The summed E-state index contributed by atoms with van der Waals surface area (Å²) < 4.78 is 5.10. The van der Waals surface area contributed by atoms with Crippen molar-refractivity contribution in [3.05, 3.63) is 41.3 Å². The minimum Gasteiger partial charge on any atom is -0.408 e. The summed E-state index contributed by atoms with van der Waals surface area (Å²) in [5.41, 5.74) is 0.710. The van der Waals surface area contributed by atoms with Crippen molar-refractivity contribution in [2.24, 2.45) is 0 Å². The maximum Gasteiger partial charge on any atom is 0.332 e. The molecule has 1 aromatic carbocycles. The van der Waals surface area contributed by atoms with Crippen LogP contribution in [-0.4, -0.2) is 22.0 Å². The Bertz CT molecular complexity index is 597. The molecular formula is C11H7N3O3. The van der Waals surface area contributed by atoms with E-state index in [0.29, 0.717) is 17.0 Å². The maximum atomic E-state index is 12.0. The number of anilines is 1. The molecule has 0 saturated heterocycles. The average molecular weight is 229 g/mol. The molecule has 6 heteroatoms. The van der Waals surface area contributed by atoms with Crippen LogP contribution in [-0.2, 0) is 0 Å². The van der Waals surface area contributed by atoms with Crippen LogP contribution in [0.15, 0.2) is 28.7 Å². The van der Waals surface area contributed by atoms with Crippen molar-refractivity contribution in [3.8, 4) is 0 Å². The Kier molecular flexibility index (Phi) is 1.85. The van der Waals surface area contributed by atoms with E-state index in [1.807, 2.05) is 0 Å². The molecule has 1 aliphatic heterocycles. The number of hydrogen-bond donors (Lipinski definition) is 0. The van der Waals surface area contributed by atoms with Gasteiger partial charge in [0.05, 0.1) is 11.1 Å². The summed E-state index contributed by atoms with van der Waals surface area (Å²) in [6.45, 7) is 1.59. The predicted molar refractivity (Wildman–Crippen MR) is 56.6 cm³/mol. The minimum absolute atomic E-state index is 0.0892. The molecule has 1 aromatic heterocycles. The Balaban J connectivity index is 2.12. The fourth-order valence-electron chi connectivity index (χ4n) is 1.74. The van der Waals surface area contributed by atoms with Crippen molar-refractivity contribution >= 4 is 17.8 Å². The number of hydrogen-bond acceptors (Lipinski definition) is 5. The summed E-state index contributed by atoms with van der Waals surface area (Å²) in [5.74, 6) is -0.569. The van der Waals surface area contributed by atoms with E-state index in [0.717, 1.165) is 4.90 Å². The van der Waals surface area contributed by atoms with Crippen LogP contribution in [0.2, 0.25) is 0 Å². The monoisotopic (exact) mass is 229 g/mol. The van der Waals surface area contributed by atoms with Gasteiger partial charge in [0, 0.05) is 6.92 Å². The van der Waals surface area contributed by atoms with Gasteiger partial charge in [-0.25, -0.2) is 0 Å². The Morgan fingerprint density at radius 1 is 1.06 bits per heavy atom. The number of aryl methyl sites for hydroxylation is 1. The van der Waals surface area contributed by atoms with Crippen molar-refractivity contribution < 1.29 is 14.0 Å². The number of benzene rings is 1. The van der Waals surface area contributed by atoms with Gasteiger partial charge in [0.15, 0.2) is 0 Å². The van der Waals surface area contributed by atoms with Gasteiger partial charge in [-0.15, -0.1) is 5.10 Å². The first kappa shape index (κ1) is 9.71. The summed E-state index contributed by atoms with van der Waals surface area (Å²) in [4.78, 5) is 24.9. The van der Waals surface area contributed by atoms with Gasteiger partial charge in [-0.3, -0.25) is 9.59 Å². The van der Waals surface area contributed by atoms with Crippen LogP contribution < -0.4 is 4.90 Å². The molecule has 0 N–H and O–H groups in total. The molecule has 0 fully saturated rings. The van der Waals surface area contributed by atoms with Gasteiger partial charge in [0.2, 0.25) is 5.89 Å². The van der Waals surface area contributed by atoms with Crippen LogP contribution in [0.1, 0.15) is 26.6 Å². The summed E-state index contributed by atoms with van der Waals surface area (Å²) in [6, 6.07) is 6.50. The quantitative estimate of drug-likeness (QED) is 0.686. The van der Waals surface area contributed by atoms with Crippen LogP contribution in [0.4, 0.5) is 6.01 Å². The highest BCUT2D eigenvalue weighted by molar-refractivity contribution is 6.33. The first-order valence-corrected chi connectivity index (χ1v) is 4.96. The van der Waals surface area contributed by atoms with Crippen molar-refractivity contribution in [1.82, 2.24) is 10.2 Å². The molecular weight excluding hydrogens is 222 g/mol. The molecule has 1 aliphatic rings. The van der Waals surface area contributed by atoms with E-state index in [2.05, 4.69) is 10.2 Å². The Labute approximate surface area is 95.9 Å². The molecule has 3 rings (SSSR count). The van der Waals surface area contributed by atoms with Crippen molar-refractivity contribution in [1.29, 1.82) is 0 Å². The highest BCUT2D eigenvalue weighted by Crippen LogP contribution is 2.26. The lowest BCUT2D eigenvalue weighted by atomic mass is 10.1. The first-order valence-electron chi connectivity index (χ1n) is 4.96. The number of amides is 2. The van der Waals surface area contributed by atoms with Crippen molar-refractivity contribution in [3.63, 3.8) is 0 Å². The molecule has 0 radical (unpaired) electrons. The first-order chi connectivity index (χ1) is 8.18. The van der Waals surface area contributed by atoms with Gasteiger partial charge in [-0.05, 0) is 12.1 Å². The molecule has 0 aliphatic carbocycles. The number of fused-ring (bicyclic) bond motifs is 1. The fourth-order valence-corrected chi connectivity index (χ4v) is 1.74. The summed E-state index contributed by atoms with van der Waals surface area (Å²) in [6.07, 6.45) is 0. The molecule has 0 atom stereocenters.